The molecule has 0 spiro atoms. The van der Waals surface area contributed by atoms with E-state index in [1.807, 2.05) is 47.2 Å². The van der Waals surface area contributed by atoms with Crippen molar-refractivity contribution in [1.29, 1.82) is 0 Å². The lowest BCUT2D eigenvalue weighted by Gasteiger charge is -2.08. The molecule has 1 N–H and O–H groups in total. The second-order valence-corrected chi connectivity index (χ2v) is 7.11. The molecule has 6 heteroatoms. The topological polar surface area (TPSA) is 59.3 Å². The molecule has 0 fully saturated rings. The van der Waals surface area contributed by atoms with Gasteiger partial charge in [-0.1, -0.05) is 18.2 Å². The number of carbonyl (C=O) groups is 1. The summed E-state index contributed by atoms with van der Waals surface area (Å²) in [5.41, 5.74) is 2.27. The van der Waals surface area contributed by atoms with Gasteiger partial charge < -0.3 is 9.88 Å². The van der Waals surface area contributed by atoms with Crippen molar-refractivity contribution in [2.24, 2.45) is 4.99 Å². The molecular formula is C22H20N4OS. The maximum Gasteiger partial charge on any atom is 0.256 e. The minimum absolute atomic E-state index is 0.168. The van der Waals surface area contributed by atoms with Gasteiger partial charge in [-0.2, -0.15) is 0 Å². The normalized spacial score (nSPS) is 13.3. The quantitative estimate of drug-likeness (QED) is 0.412. The Balaban J connectivity index is 1.52. The number of fused-ring (bicyclic) bond motifs is 1. The average Bonchev–Trinajstić information content (AvgIpc) is 3.24. The van der Waals surface area contributed by atoms with Crippen LogP contribution in [0.15, 0.2) is 65.0 Å². The predicted molar refractivity (Wildman–Crippen MR) is 115 cm³/mol. The maximum atomic E-state index is 12.6. The zero-order chi connectivity index (χ0) is 19.5. The van der Waals surface area contributed by atoms with Crippen molar-refractivity contribution in [3.8, 4) is 5.69 Å². The van der Waals surface area contributed by atoms with Gasteiger partial charge in [0.2, 0.25) is 0 Å². The predicted octanol–water partition coefficient (Wildman–Crippen LogP) is 3.00. The van der Waals surface area contributed by atoms with Crippen LogP contribution < -0.4 is 15.8 Å². The summed E-state index contributed by atoms with van der Waals surface area (Å²) in [7, 11) is 0. The fourth-order valence-corrected chi connectivity index (χ4v) is 3.44. The van der Waals surface area contributed by atoms with Crippen LogP contribution in [0.5, 0.6) is 0 Å². The number of hydrogen-bond acceptors (Lipinski definition) is 4. The largest absolute Gasteiger partial charge is 0.310 e. The second kappa shape index (κ2) is 7.86. The maximum absolute atomic E-state index is 12.6. The molecule has 2 aromatic carbocycles. The van der Waals surface area contributed by atoms with Gasteiger partial charge in [0.25, 0.3) is 5.91 Å². The zero-order valence-electron chi connectivity index (χ0n) is 15.5. The van der Waals surface area contributed by atoms with E-state index in [4.69, 9.17) is 0 Å². The van der Waals surface area contributed by atoms with E-state index < -0.39 is 0 Å². The summed E-state index contributed by atoms with van der Waals surface area (Å²) >= 11 is 4.53. The summed E-state index contributed by atoms with van der Waals surface area (Å²) in [6.07, 6.45) is 11.7. The molecule has 0 radical (unpaired) electrons. The first-order chi connectivity index (χ1) is 13.6. The van der Waals surface area contributed by atoms with Gasteiger partial charge >= 0.3 is 0 Å². The zero-order valence-corrected chi connectivity index (χ0v) is 16.4. The van der Waals surface area contributed by atoms with Crippen molar-refractivity contribution in [2.75, 3.05) is 0 Å². The average molecular weight is 388 g/mol. The molecule has 0 atom stereocenters. The minimum Gasteiger partial charge on any atom is -0.310 e. The van der Waals surface area contributed by atoms with E-state index in [-0.39, 0.29) is 5.91 Å². The number of nitrogens with one attached hydrogen (secondary N) is 1. The third-order valence-electron chi connectivity index (χ3n) is 4.59. The highest BCUT2D eigenvalue weighted by Crippen LogP contribution is 2.25. The van der Waals surface area contributed by atoms with Crippen molar-refractivity contribution in [3.63, 3.8) is 0 Å². The van der Waals surface area contributed by atoms with E-state index >= 15 is 0 Å². The number of hydrogen-bond donors (Lipinski definition) is 2. The Morgan fingerprint density at radius 3 is 2.71 bits per heavy atom. The van der Waals surface area contributed by atoms with Crippen LogP contribution in [0.1, 0.15) is 30.1 Å². The number of amidine groups is 1. The lowest BCUT2D eigenvalue weighted by atomic mass is 10.1. The van der Waals surface area contributed by atoms with Crippen LogP contribution in [0.3, 0.4) is 0 Å². The molecular weight excluding hydrogens is 368 g/mol. The number of imidazole rings is 1. The third kappa shape index (κ3) is 3.92. The summed E-state index contributed by atoms with van der Waals surface area (Å²) in [6.45, 7) is 1.77. The Hall–Kier alpha value is -3.12. The lowest BCUT2D eigenvalue weighted by molar-refractivity contribution is 0.0977. The summed E-state index contributed by atoms with van der Waals surface area (Å²) in [4.78, 5) is 21.9. The first kappa shape index (κ1) is 18.3. The number of nitrogens with zero attached hydrogens (tertiary/aromatic N) is 3. The molecule has 0 bridgehead atoms. The molecule has 1 heterocycles. The van der Waals surface area contributed by atoms with Crippen LogP contribution in [0, 0.1) is 0 Å². The van der Waals surface area contributed by atoms with Crippen LogP contribution >= 0.6 is 12.6 Å². The van der Waals surface area contributed by atoms with Gasteiger partial charge in [-0.15, -0.1) is 12.6 Å². The molecule has 5 nitrogen and oxygen atoms in total. The fraction of sp³-hybridized carbons (Fsp3) is 0.136. The van der Waals surface area contributed by atoms with Crippen molar-refractivity contribution in [2.45, 2.75) is 24.7 Å². The molecule has 0 saturated heterocycles. The van der Waals surface area contributed by atoms with E-state index in [9.17, 15) is 4.79 Å². The van der Waals surface area contributed by atoms with Crippen molar-refractivity contribution in [1.82, 2.24) is 14.9 Å². The van der Waals surface area contributed by atoms with E-state index in [0.29, 0.717) is 17.1 Å². The number of benzene rings is 2. The van der Waals surface area contributed by atoms with E-state index in [2.05, 4.69) is 40.1 Å². The van der Waals surface area contributed by atoms with Gasteiger partial charge in [-0.25, -0.2) is 9.98 Å². The summed E-state index contributed by atoms with van der Waals surface area (Å²) < 4.78 is 1.90. The number of aliphatic imine (C=N–C) groups is 1. The van der Waals surface area contributed by atoms with E-state index in [0.717, 1.165) is 28.6 Å². The second-order valence-electron chi connectivity index (χ2n) is 6.62. The minimum atomic E-state index is -0.168. The third-order valence-corrected chi connectivity index (χ3v) is 4.95. The molecule has 0 saturated carbocycles. The fourth-order valence-electron chi connectivity index (χ4n) is 3.18. The van der Waals surface area contributed by atoms with Crippen LogP contribution in [-0.4, -0.2) is 21.3 Å². The van der Waals surface area contributed by atoms with Gasteiger partial charge in [0.1, 0.15) is 5.84 Å². The molecule has 1 aromatic heterocycles. The molecule has 28 heavy (non-hydrogen) atoms. The molecule has 3 aromatic rings. The first-order valence-corrected chi connectivity index (χ1v) is 9.53. The molecule has 4 rings (SSSR count). The highest BCUT2D eigenvalue weighted by atomic mass is 32.1. The SMILES string of the molecule is CC(=Nc1ccc(-n2ccnc2)cc1S)NC(=O)c1ccc2c(c1)=CCCC=2. The number of thiol groups is 1. The van der Waals surface area contributed by atoms with Crippen LogP contribution in [0.25, 0.3) is 17.8 Å². The van der Waals surface area contributed by atoms with E-state index in [1.165, 1.54) is 5.22 Å². The van der Waals surface area contributed by atoms with Crippen molar-refractivity contribution < 1.29 is 4.79 Å². The van der Waals surface area contributed by atoms with Gasteiger partial charge in [-0.3, -0.25) is 4.79 Å². The molecule has 0 aliphatic heterocycles. The molecule has 1 aliphatic rings. The van der Waals surface area contributed by atoms with Gasteiger partial charge in [0.05, 0.1) is 12.0 Å². The van der Waals surface area contributed by atoms with Crippen LogP contribution in [0.2, 0.25) is 0 Å². The van der Waals surface area contributed by atoms with Gasteiger partial charge in [0.15, 0.2) is 0 Å². The van der Waals surface area contributed by atoms with Gasteiger partial charge in [-0.05, 0) is 60.5 Å². The monoisotopic (exact) mass is 388 g/mol. The molecule has 0 unspecified atom stereocenters. The summed E-state index contributed by atoms with van der Waals surface area (Å²) in [5, 5.41) is 5.16. The lowest BCUT2D eigenvalue weighted by Crippen LogP contribution is -2.32. The smallest absolute Gasteiger partial charge is 0.256 e. The number of carbonyl (C=O) groups excluding carboxylic acids is 1. The van der Waals surface area contributed by atoms with Crippen LogP contribution in [0.4, 0.5) is 5.69 Å². The van der Waals surface area contributed by atoms with Gasteiger partial charge in [0, 0.05) is 28.5 Å². The Labute approximate surface area is 168 Å². The molecule has 1 aliphatic carbocycles. The number of amides is 1. The standard InChI is InChI=1S/C22H20N4OS/c1-15(24-20-9-8-19(13-21(20)28)26-11-10-23-14-26)25-22(27)18-7-6-16-4-2-3-5-17(16)12-18/h4-14,28H,2-3H2,1H3,(H,24,25,27). The Morgan fingerprint density at radius 1 is 1.14 bits per heavy atom. The van der Waals surface area contributed by atoms with Crippen molar-refractivity contribution in [3.05, 3.63) is 71.1 Å². The van der Waals surface area contributed by atoms with Crippen LogP contribution in [-0.2, 0) is 0 Å². The van der Waals surface area contributed by atoms with E-state index in [1.54, 1.807) is 19.4 Å². The Bertz CT molecular complexity index is 1180. The Morgan fingerprint density at radius 2 is 1.96 bits per heavy atom. The first-order valence-electron chi connectivity index (χ1n) is 9.08. The summed E-state index contributed by atoms with van der Waals surface area (Å²) in [5.74, 6) is 0.350. The Kier molecular flexibility index (Phi) is 5.12. The molecule has 140 valence electrons. The van der Waals surface area contributed by atoms with Crippen molar-refractivity contribution >= 4 is 42.2 Å². The highest BCUT2D eigenvalue weighted by Gasteiger charge is 2.08. The summed E-state index contributed by atoms with van der Waals surface area (Å²) in [6, 6.07) is 11.5. The number of aromatic nitrogens is 2. The highest BCUT2D eigenvalue weighted by molar-refractivity contribution is 7.80. The molecule has 1 amide bonds. The number of rotatable bonds is 3.